The number of benzene rings is 1. The van der Waals surface area contributed by atoms with Crippen LogP contribution in [0, 0.1) is 5.92 Å². The van der Waals surface area contributed by atoms with Crippen molar-refractivity contribution in [2.75, 3.05) is 20.2 Å². The van der Waals surface area contributed by atoms with Crippen LogP contribution in [0.1, 0.15) is 25.8 Å². The van der Waals surface area contributed by atoms with E-state index in [1.807, 2.05) is 36.1 Å². The first kappa shape index (κ1) is 16.8. The number of likely N-dealkylation sites (tertiary alicyclic amines) is 1. The molecule has 0 spiro atoms. The zero-order valence-electron chi connectivity index (χ0n) is 13.6. The minimum Gasteiger partial charge on any atom is -0.497 e. The Hall–Kier alpha value is -1.59. The predicted molar refractivity (Wildman–Crippen MR) is 85.7 cm³/mol. The summed E-state index contributed by atoms with van der Waals surface area (Å²) in [5.74, 6) is 1.08. The zero-order valence-corrected chi connectivity index (χ0v) is 13.6. The van der Waals surface area contributed by atoms with Gasteiger partial charge < -0.3 is 15.2 Å². The van der Waals surface area contributed by atoms with Crippen molar-refractivity contribution in [3.05, 3.63) is 29.8 Å². The second kappa shape index (κ2) is 7.61. The van der Waals surface area contributed by atoms with E-state index in [-0.39, 0.29) is 18.1 Å². The molecule has 0 aromatic heterocycles. The van der Waals surface area contributed by atoms with Gasteiger partial charge in [-0.1, -0.05) is 19.1 Å². The van der Waals surface area contributed by atoms with Crippen LogP contribution >= 0.6 is 0 Å². The van der Waals surface area contributed by atoms with E-state index < -0.39 is 0 Å². The molecule has 1 saturated heterocycles. The van der Waals surface area contributed by atoms with Crippen molar-refractivity contribution in [2.45, 2.75) is 39.0 Å². The largest absolute Gasteiger partial charge is 0.497 e. The van der Waals surface area contributed by atoms with Gasteiger partial charge in [0.25, 0.3) is 0 Å². The number of piperidine rings is 1. The molecule has 1 amide bonds. The number of hydrogen-bond acceptors (Lipinski definition) is 4. The van der Waals surface area contributed by atoms with E-state index in [2.05, 4.69) is 12.2 Å². The molecule has 1 aliphatic rings. The number of nitrogens with zero attached hydrogens (tertiary/aromatic N) is 1. The molecule has 5 nitrogen and oxygen atoms in total. The Balaban J connectivity index is 1.86. The van der Waals surface area contributed by atoms with Gasteiger partial charge in [-0.15, -0.1) is 0 Å². The number of hydrogen-bond donors (Lipinski definition) is 2. The Bertz CT molecular complexity index is 506. The molecule has 0 saturated carbocycles. The molecular formula is C17H26N2O3. The molecule has 2 rings (SSSR count). The summed E-state index contributed by atoms with van der Waals surface area (Å²) in [6, 6.07) is 7.43. The molecule has 2 N–H and O–H groups in total. The van der Waals surface area contributed by atoms with Crippen LogP contribution in [0.5, 0.6) is 5.75 Å². The molecular weight excluding hydrogens is 280 g/mol. The second-order valence-corrected chi connectivity index (χ2v) is 6.07. The summed E-state index contributed by atoms with van der Waals surface area (Å²) in [6.07, 6.45) is 0.580. The summed E-state index contributed by atoms with van der Waals surface area (Å²) in [4.78, 5) is 14.3. The summed E-state index contributed by atoms with van der Waals surface area (Å²) in [7, 11) is 1.63. The van der Waals surface area contributed by atoms with Gasteiger partial charge in [0.15, 0.2) is 0 Å². The molecule has 0 aliphatic carbocycles. The molecule has 1 aromatic carbocycles. The predicted octanol–water partition coefficient (Wildman–Crippen LogP) is 1.40. The Morgan fingerprint density at radius 2 is 2.32 bits per heavy atom. The molecule has 0 bridgehead atoms. The van der Waals surface area contributed by atoms with E-state index in [9.17, 15) is 9.90 Å². The van der Waals surface area contributed by atoms with Gasteiger partial charge in [0.1, 0.15) is 5.75 Å². The minimum atomic E-state index is -0.345. The fourth-order valence-electron chi connectivity index (χ4n) is 2.71. The topological polar surface area (TPSA) is 61.8 Å². The lowest BCUT2D eigenvalue weighted by molar-refractivity contribution is -0.127. The highest BCUT2D eigenvalue weighted by molar-refractivity contribution is 5.81. The Morgan fingerprint density at radius 1 is 1.55 bits per heavy atom. The number of ether oxygens (including phenoxy) is 1. The van der Waals surface area contributed by atoms with Crippen LogP contribution in [0.4, 0.5) is 0 Å². The van der Waals surface area contributed by atoms with E-state index in [1.165, 1.54) is 0 Å². The van der Waals surface area contributed by atoms with Gasteiger partial charge in [-0.05, 0) is 43.5 Å². The first-order valence-electron chi connectivity index (χ1n) is 7.84. The van der Waals surface area contributed by atoms with E-state index in [1.54, 1.807) is 7.11 Å². The quantitative estimate of drug-likeness (QED) is 0.863. The minimum absolute atomic E-state index is 0.00965. The molecule has 5 heteroatoms. The standard InChI is InChI=1S/C17H26N2O3/c1-12-7-8-19(11-16(12)20)13(2)17(21)18-10-14-5-4-6-15(9-14)22-3/h4-6,9,12-13,16,20H,7-8,10-11H2,1-3H3,(H,18,21). The molecule has 122 valence electrons. The van der Waals surface area contributed by atoms with Crippen LogP contribution in [0.2, 0.25) is 0 Å². The molecule has 1 fully saturated rings. The average molecular weight is 306 g/mol. The summed E-state index contributed by atoms with van der Waals surface area (Å²) in [5, 5.41) is 12.9. The molecule has 22 heavy (non-hydrogen) atoms. The third-order valence-electron chi connectivity index (χ3n) is 4.48. The smallest absolute Gasteiger partial charge is 0.237 e. The van der Waals surface area contributed by atoms with Gasteiger partial charge in [-0.25, -0.2) is 0 Å². The fourth-order valence-corrected chi connectivity index (χ4v) is 2.71. The number of amides is 1. The summed E-state index contributed by atoms with van der Waals surface area (Å²) >= 11 is 0. The van der Waals surface area contributed by atoms with Gasteiger partial charge in [0.05, 0.1) is 19.3 Å². The first-order chi connectivity index (χ1) is 10.5. The Kier molecular flexibility index (Phi) is 5.80. The Morgan fingerprint density at radius 3 is 3.00 bits per heavy atom. The third kappa shape index (κ3) is 4.21. The van der Waals surface area contributed by atoms with Gasteiger partial charge in [0.2, 0.25) is 5.91 Å². The highest BCUT2D eigenvalue weighted by Gasteiger charge is 2.29. The molecule has 3 unspecified atom stereocenters. The van der Waals surface area contributed by atoms with Crippen LogP contribution in [0.15, 0.2) is 24.3 Å². The molecule has 1 aliphatic heterocycles. The summed E-state index contributed by atoms with van der Waals surface area (Å²) in [6.45, 7) is 5.84. The number of aliphatic hydroxyl groups is 1. The monoisotopic (exact) mass is 306 g/mol. The van der Waals surface area contributed by atoms with Crippen LogP contribution in [-0.4, -0.2) is 48.3 Å². The van der Waals surface area contributed by atoms with Crippen molar-refractivity contribution < 1.29 is 14.6 Å². The van der Waals surface area contributed by atoms with Crippen molar-refractivity contribution in [3.63, 3.8) is 0 Å². The maximum absolute atomic E-state index is 12.3. The van der Waals surface area contributed by atoms with Crippen LogP contribution in [0.3, 0.4) is 0 Å². The number of rotatable bonds is 5. The molecule has 1 aromatic rings. The van der Waals surface area contributed by atoms with Gasteiger partial charge in [-0.2, -0.15) is 0 Å². The van der Waals surface area contributed by atoms with Crippen LogP contribution in [0.25, 0.3) is 0 Å². The third-order valence-corrected chi connectivity index (χ3v) is 4.48. The molecule has 3 atom stereocenters. The molecule has 0 radical (unpaired) electrons. The first-order valence-corrected chi connectivity index (χ1v) is 7.84. The number of carbonyl (C=O) groups excluding carboxylic acids is 1. The van der Waals surface area contributed by atoms with E-state index in [0.717, 1.165) is 24.3 Å². The highest BCUT2D eigenvalue weighted by Crippen LogP contribution is 2.19. The SMILES string of the molecule is COc1cccc(CNC(=O)C(C)N2CCC(C)C(O)C2)c1. The van der Waals surface area contributed by atoms with Crippen molar-refractivity contribution in [1.82, 2.24) is 10.2 Å². The van der Waals surface area contributed by atoms with E-state index in [4.69, 9.17) is 4.74 Å². The number of methoxy groups -OCH3 is 1. The fraction of sp³-hybridized carbons (Fsp3) is 0.588. The lowest BCUT2D eigenvalue weighted by atomic mass is 9.95. The van der Waals surface area contributed by atoms with Gasteiger partial charge in [-0.3, -0.25) is 9.69 Å². The summed E-state index contributed by atoms with van der Waals surface area (Å²) in [5.41, 5.74) is 1.01. The normalized spacial score (nSPS) is 23.8. The van der Waals surface area contributed by atoms with E-state index in [0.29, 0.717) is 19.0 Å². The zero-order chi connectivity index (χ0) is 16.1. The lowest BCUT2D eigenvalue weighted by Gasteiger charge is -2.37. The van der Waals surface area contributed by atoms with Crippen LogP contribution in [-0.2, 0) is 11.3 Å². The van der Waals surface area contributed by atoms with Gasteiger partial charge in [0, 0.05) is 13.1 Å². The number of β-amino-alcohol motifs (C(OH)–C–C–N with tert-alkyl or cyclic N) is 1. The second-order valence-electron chi connectivity index (χ2n) is 6.07. The highest BCUT2D eigenvalue weighted by atomic mass is 16.5. The average Bonchev–Trinajstić information content (AvgIpc) is 2.54. The summed E-state index contributed by atoms with van der Waals surface area (Å²) < 4.78 is 5.18. The van der Waals surface area contributed by atoms with E-state index >= 15 is 0 Å². The van der Waals surface area contributed by atoms with Crippen LogP contribution < -0.4 is 10.1 Å². The maximum Gasteiger partial charge on any atom is 0.237 e. The molecule has 1 heterocycles. The number of aliphatic hydroxyl groups excluding tert-OH is 1. The van der Waals surface area contributed by atoms with Crippen molar-refractivity contribution in [3.8, 4) is 5.75 Å². The number of nitrogens with one attached hydrogen (secondary N) is 1. The van der Waals surface area contributed by atoms with Crippen molar-refractivity contribution in [1.29, 1.82) is 0 Å². The van der Waals surface area contributed by atoms with Crippen molar-refractivity contribution in [2.24, 2.45) is 5.92 Å². The lowest BCUT2D eigenvalue weighted by Crippen LogP contribution is -2.52. The Labute approximate surface area is 132 Å². The van der Waals surface area contributed by atoms with Gasteiger partial charge >= 0.3 is 0 Å². The number of carbonyl (C=O) groups is 1. The van der Waals surface area contributed by atoms with Crippen molar-refractivity contribution >= 4 is 5.91 Å². The maximum atomic E-state index is 12.3.